The highest BCUT2D eigenvalue weighted by Crippen LogP contribution is 2.07. The van der Waals surface area contributed by atoms with E-state index >= 15 is 0 Å². The molecule has 1 aromatic carbocycles. The largest absolute Gasteiger partial charge is 0.265 e. The summed E-state index contributed by atoms with van der Waals surface area (Å²) in [5, 5.41) is 5.66. The lowest BCUT2D eigenvalue weighted by Crippen LogP contribution is -2.55. The second kappa shape index (κ2) is 6.45. The molecule has 0 saturated heterocycles. The molecule has 0 aliphatic heterocycles. The van der Waals surface area contributed by atoms with Crippen molar-refractivity contribution in [3.8, 4) is 0 Å². The quantitative estimate of drug-likeness (QED) is 0.675. The van der Waals surface area contributed by atoms with Crippen LogP contribution in [0.25, 0.3) is 0 Å². The predicted octanol–water partition coefficient (Wildman–Crippen LogP) is 2.12. The van der Waals surface area contributed by atoms with Crippen LogP contribution in [0.3, 0.4) is 0 Å². The molecule has 0 radical (unpaired) electrons. The average molecular weight is 349 g/mol. The Labute approximate surface area is 146 Å². The standard InChI is InChI=1S/C20H24N2Si2/c1-23(2,19-7-5-13-21-15-19)17-9-11-18(12-10-17)24(3,4)20-8-6-14-22-16-20/h5-16H,1-4H3. The number of benzene rings is 1. The van der Waals surface area contributed by atoms with Gasteiger partial charge in [-0.3, -0.25) is 9.97 Å². The highest BCUT2D eigenvalue weighted by atomic mass is 28.3. The minimum atomic E-state index is -1.68. The molecule has 4 heteroatoms. The first-order chi connectivity index (χ1) is 11.4. The van der Waals surface area contributed by atoms with Crippen LogP contribution in [-0.4, -0.2) is 26.1 Å². The molecule has 0 aliphatic rings. The molecule has 122 valence electrons. The van der Waals surface area contributed by atoms with E-state index in [0.29, 0.717) is 0 Å². The van der Waals surface area contributed by atoms with Gasteiger partial charge in [0.25, 0.3) is 0 Å². The molecule has 0 atom stereocenters. The molecule has 0 spiro atoms. The highest BCUT2D eigenvalue weighted by molar-refractivity contribution is 7.01. The average Bonchev–Trinajstić information content (AvgIpc) is 2.63. The van der Waals surface area contributed by atoms with Crippen LogP contribution in [0.15, 0.2) is 73.3 Å². The second-order valence-electron chi connectivity index (χ2n) is 7.31. The Morgan fingerprint density at radius 3 is 1.21 bits per heavy atom. The molecular weight excluding hydrogens is 324 g/mol. The van der Waals surface area contributed by atoms with E-state index in [1.165, 1.54) is 20.7 Å². The maximum Gasteiger partial charge on any atom is 0.114 e. The van der Waals surface area contributed by atoms with E-state index in [2.05, 4.69) is 72.6 Å². The summed E-state index contributed by atoms with van der Waals surface area (Å²) in [5.74, 6) is 0. The summed E-state index contributed by atoms with van der Waals surface area (Å²) >= 11 is 0. The van der Waals surface area contributed by atoms with E-state index in [-0.39, 0.29) is 0 Å². The van der Waals surface area contributed by atoms with E-state index in [0.717, 1.165) is 0 Å². The lowest BCUT2D eigenvalue weighted by atomic mass is 10.4. The van der Waals surface area contributed by atoms with Crippen molar-refractivity contribution in [3.63, 3.8) is 0 Å². The predicted molar refractivity (Wildman–Crippen MR) is 108 cm³/mol. The van der Waals surface area contributed by atoms with Crippen LogP contribution in [0, 0.1) is 0 Å². The van der Waals surface area contributed by atoms with Crippen LogP contribution in [-0.2, 0) is 0 Å². The third-order valence-corrected chi connectivity index (χ3v) is 12.1. The van der Waals surface area contributed by atoms with Gasteiger partial charge in [0.2, 0.25) is 0 Å². The smallest absolute Gasteiger partial charge is 0.114 e. The van der Waals surface area contributed by atoms with Crippen LogP contribution in [0.2, 0.25) is 26.2 Å². The van der Waals surface area contributed by atoms with Crippen molar-refractivity contribution < 1.29 is 0 Å². The van der Waals surface area contributed by atoms with Crippen molar-refractivity contribution in [1.82, 2.24) is 9.97 Å². The molecule has 2 aromatic heterocycles. The van der Waals surface area contributed by atoms with Crippen molar-refractivity contribution in [2.45, 2.75) is 26.2 Å². The van der Waals surface area contributed by atoms with Gasteiger partial charge in [0, 0.05) is 24.8 Å². The van der Waals surface area contributed by atoms with Crippen LogP contribution in [0.4, 0.5) is 0 Å². The fourth-order valence-corrected chi connectivity index (χ4v) is 7.59. The van der Waals surface area contributed by atoms with Crippen molar-refractivity contribution >= 4 is 36.9 Å². The monoisotopic (exact) mass is 348 g/mol. The maximum atomic E-state index is 4.31. The molecular formula is C20H24N2Si2. The van der Waals surface area contributed by atoms with Crippen molar-refractivity contribution in [2.24, 2.45) is 0 Å². The lowest BCUT2D eigenvalue weighted by molar-refractivity contribution is 1.34. The third kappa shape index (κ3) is 3.12. The summed E-state index contributed by atoms with van der Waals surface area (Å²) in [5.41, 5.74) is 0. The Kier molecular flexibility index (Phi) is 4.52. The summed E-state index contributed by atoms with van der Waals surface area (Å²) in [4.78, 5) is 8.62. The van der Waals surface area contributed by atoms with Gasteiger partial charge < -0.3 is 0 Å². The van der Waals surface area contributed by atoms with E-state index in [1.807, 2.05) is 36.9 Å². The molecule has 3 aromatic rings. The second-order valence-corrected chi connectivity index (χ2v) is 16.1. The van der Waals surface area contributed by atoms with Crippen LogP contribution in [0.1, 0.15) is 0 Å². The molecule has 3 rings (SSSR count). The van der Waals surface area contributed by atoms with E-state index in [1.54, 1.807) is 0 Å². The minimum Gasteiger partial charge on any atom is -0.265 e. The highest BCUT2D eigenvalue weighted by Gasteiger charge is 2.29. The van der Waals surface area contributed by atoms with Crippen LogP contribution < -0.4 is 20.7 Å². The van der Waals surface area contributed by atoms with Gasteiger partial charge in [0.05, 0.1) is 0 Å². The first-order valence-electron chi connectivity index (χ1n) is 8.34. The van der Waals surface area contributed by atoms with Crippen LogP contribution in [0.5, 0.6) is 0 Å². The number of hydrogen-bond acceptors (Lipinski definition) is 2. The number of hydrogen-bond donors (Lipinski definition) is 0. The number of nitrogens with zero attached hydrogens (tertiary/aromatic N) is 2. The molecule has 0 unspecified atom stereocenters. The topological polar surface area (TPSA) is 25.8 Å². The number of pyridine rings is 2. The SMILES string of the molecule is C[Si](C)(c1ccc([Si](C)(C)c2cccnc2)cc1)c1cccnc1. The van der Waals surface area contributed by atoms with Gasteiger partial charge in [0.15, 0.2) is 0 Å². The summed E-state index contributed by atoms with van der Waals surface area (Å²) in [6.45, 7) is 9.57. The molecule has 0 bridgehead atoms. The van der Waals surface area contributed by atoms with E-state index < -0.39 is 16.1 Å². The zero-order valence-electron chi connectivity index (χ0n) is 14.8. The zero-order valence-corrected chi connectivity index (χ0v) is 16.8. The van der Waals surface area contributed by atoms with Gasteiger partial charge >= 0.3 is 0 Å². The summed E-state index contributed by atoms with van der Waals surface area (Å²) in [7, 11) is -3.35. The molecule has 0 N–H and O–H groups in total. The molecule has 2 nitrogen and oxygen atoms in total. The summed E-state index contributed by atoms with van der Waals surface area (Å²) in [6.07, 6.45) is 7.74. The van der Waals surface area contributed by atoms with Gasteiger partial charge in [0.1, 0.15) is 16.1 Å². The lowest BCUT2D eigenvalue weighted by Gasteiger charge is -2.26. The van der Waals surface area contributed by atoms with Crippen molar-refractivity contribution in [3.05, 3.63) is 73.3 Å². The molecule has 0 saturated carbocycles. The molecule has 0 aliphatic carbocycles. The third-order valence-electron chi connectivity index (χ3n) is 5.09. The normalized spacial score (nSPS) is 12.2. The van der Waals surface area contributed by atoms with Gasteiger partial charge in [-0.05, 0) is 22.5 Å². The summed E-state index contributed by atoms with van der Waals surface area (Å²) < 4.78 is 0. The van der Waals surface area contributed by atoms with Gasteiger partial charge in [-0.15, -0.1) is 0 Å². The molecule has 2 heterocycles. The van der Waals surface area contributed by atoms with E-state index in [9.17, 15) is 0 Å². The molecule has 0 amide bonds. The van der Waals surface area contributed by atoms with Crippen LogP contribution >= 0.6 is 0 Å². The molecule has 0 fully saturated rings. The fourth-order valence-electron chi connectivity index (χ4n) is 3.10. The maximum absolute atomic E-state index is 4.31. The van der Waals surface area contributed by atoms with Gasteiger partial charge in [-0.2, -0.15) is 0 Å². The Balaban J connectivity index is 1.94. The first kappa shape index (κ1) is 16.8. The Morgan fingerprint density at radius 2 is 0.917 bits per heavy atom. The fraction of sp³-hybridized carbons (Fsp3) is 0.200. The van der Waals surface area contributed by atoms with E-state index in [4.69, 9.17) is 0 Å². The summed E-state index contributed by atoms with van der Waals surface area (Å²) in [6, 6.07) is 17.8. The Hall–Kier alpha value is -2.05. The van der Waals surface area contributed by atoms with Crippen molar-refractivity contribution in [2.75, 3.05) is 0 Å². The zero-order chi connectivity index (χ0) is 17.2. The molecule has 24 heavy (non-hydrogen) atoms. The minimum absolute atomic E-state index is 1.38. The Morgan fingerprint density at radius 1 is 0.542 bits per heavy atom. The number of aromatic nitrogens is 2. The Bertz CT molecular complexity index is 728. The van der Waals surface area contributed by atoms with Crippen molar-refractivity contribution in [1.29, 1.82) is 0 Å². The van der Waals surface area contributed by atoms with Gasteiger partial charge in [-0.25, -0.2) is 0 Å². The first-order valence-corrected chi connectivity index (χ1v) is 14.3. The van der Waals surface area contributed by atoms with Gasteiger partial charge in [-0.1, -0.05) is 73.0 Å². The number of rotatable bonds is 4.